The summed E-state index contributed by atoms with van der Waals surface area (Å²) in [6.45, 7) is 6.15. The highest BCUT2D eigenvalue weighted by Gasteiger charge is 2.19. The number of hydrogen-bond donors (Lipinski definition) is 2. The normalized spacial score (nSPS) is 12.2. The molecule has 3 N–H and O–H groups in total. The Morgan fingerprint density at radius 3 is 2.55 bits per heavy atom. The number of benzene rings is 1. The zero-order chi connectivity index (χ0) is 15.3. The summed E-state index contributed by atoms with van der Waals surface area (Å²) in [7, 11) is 0. The molecule has 0 bridgehead atoms. The Bertz CT molecular complexity index is 500. The molecule has 20 heavy (non-hydrogen) atoms. The van der Waals surface area contributed by atoms with Crippen LogP contribution in [0.2, 0.25) is 0 Å². The van der Waals surface area contributed by atoms with Crippen LogP contribution in [0.25, 0.3) is 0 Å². The second kappa shape index (κ2) is 6.88. The molecular formula is C14H21N3O3. The quantitative estimate of drug-likeness (QED) is 0.475. The number of para-hydroxylation sites is 1. The molecule has 0 aromatic heterocycles. The van der Waals surface area contributed by atoms with Crippen molar-refractivity contribution in [2.24, 2.45) is 5.92 Å². The molecule has 0 aliphatic rings. The van der Waals surface area contributed by atoms with Gasteiger partial charge in [-0.25, -0.2) is 0 Å². The number of carbonyl (C=O) groups is 1. The number of hydrogen-bond acceptors (Lipinski definition) is 4. The fourth-order valence-corrected chi connectivity index (χ4v) is 1.87. The van der Waals surface area contributed by atoms with Crippen molar-refractivity contribution in [1.82, 2.24) is 5.32 Å². The van der Waals surface area contributed by atoms with Crippen LogP contribution in [0.3, 0.4) is 0 Å². The maximum atomic E-state index is 12.1. The minimum Gasteiger partial charge on any atom is -0.393 e. The summed E-state index contributed by atoms with van der Waals surface area (Å²) in [4.78, 5) is 22.3. The summed E-state index contributed by atoms with van der Waals surface area (Å²) in [6, 6.07) is 4.24. The van der Waals surface area contributed by atoms with E-state index in [1.165, 1.54) is 18.2 Å². The first-order valence-electron chi connectivity index (χ1n) is 6.66. The first-order valence-corrected chi connectivity index (χ1v) is 6.66. The van der Waals surface area contributed by atoms with Crippen molar-refractivity contribution >= 4 is 17.3 Å². The zero-order valence-electron chi connectivity index (χ0n) is 12.1. The molecular weight excluding hydrogens is 258 g/mol. The van der Waals surface area contributed by atoms with Gasteiger partial charge in [0.25, 0.3) is 11.6 Å². The molecule has 0 aliphatic heterocycles. The van der Waals surface area contributed by atoms with Crippen LogP contribution in [0.1, 0.15) is 44.0 Å². The molecule has 0 saturated heterocycles. The lowest BCUT2D eigenvalue weighted by molar-refractivity contribution is -0.383. The van der Waals surface area contributed by atoms with Crippen LogP contribution >= 0.6 is 0 Å². The molecule has 1 rings (SSSR count). The van der Waals surface area contributed by atoms with Crippen molar-refractivity contribution in [3.63, 3.8) is 0 Å². The monoisotopic (exact) mass is 279 g/mol. The predicted octanol–water partition coefficient (Wildman–Crippen LogP) is 2.73. The Balaban J connectivity index is 2.78. The number of nitrogens with zero attached hydrogens (tertiary/aromatic N) is 1. The lowest BCUT2D eigenvalue weighted by atomic mass is 10.0. The number of anilines is 1. The van der Waals surface area contributed by atoms with Crippen LogP contribution in [0.5, 0.6) is 0 Å². The lowest BCUT2D eigenvalue weighted by Crippen LogP contribution is -2.33. The average Bonchev–Trinajstić information content (AvgIpc) is 2.36. The van der Waals surface area contributed by atoms with Gasteiger partial charge in [0, 0.05) is 12.1 Å². The van der Waals surface area contributed by atoms with E-state index in [0.717, 1.165) is 12.8 Å². The Hall–Kier alpha value is -2.11. The van der Waals surface area contributed by atoms with Gasteiger partial charge in [0.05, 0.1) is 10.5 Å². The second-order valence-electron chi connectivity index (χ2n) is 5.34. The Morgan fingerprint density at radius 1 is 1.35 bits per heavy atom. The van der Waals surface area contributed by atoms with E-state index in [9.17, 15) is 14.9 Å². The van der Waals surface area contributed by atoms with Gasteiger partial charge in [-0.15, -0.1) is 0 Å². The zero-order valence-corrected chi connectivity index (χ0v) is 12.1. The number of nitro groups is 1. The largest absolute Gasteiger partial charge is 0.393 e. The standard InChI is InChI=1S/C14H21N3O3/c1-9(2)7-8-10(3)16-14(18)11-5-4-6-12(13(11)15)17(19)20/h4-6,9-10H,7-8,15H2,1-3H3,(H,16,18). The van der Waals surface area contributed by atoms with Crippen LogP contribution in [0.15, 0.2) is 18.2 Å². The van der Waals surface area contributed by atoms with E-state index in [1.54, 1.807) is 0 Å². The molecule has 0 radical (unpaired) electrons. The maximum Gasteiger partial charge on any atom is 0.292 e. The molecule has 0 fully saturated rings. The molecule has 1 unspecified atom stereocenters. The molecule has 0 heterocycles. The Labute approximate surface area is 118 Å². The highest BCUT2D eigenvalue weighted by Crippen LogP contribution is 2.24. The van der Waals surface area contributed by atoms with Crippen molar-refractivity contribution < 1.29 is 9.72 Å². The van der Waals surface area contributed by atoms with E-state index >= 15 is 0 Å². The minimum atomic E-state index is -0.589. The van der Waals surface area contributed by atoms with E-state index in [2.05, 4.69) is 19.2 Å². The third-order valence-electron chi connectivity index (χ3n) is 3.08. The molecule has 1 atom stereocenters. The van der Waals surface area contributed by atoms with Gasteiger partial charge in [-0.05, 0) is 31.7 Å². The maximum absolute atomic E-state index is 12.1. The van der Waals surface area contributed by atoms with E-state index in [1.807, 2.05) is 6.92 Å². The Kier molecular flexibility index (Phi) is 5.49. The number of nitrogen functional groups attached to an aromatic ring is 1. The van der Waals surface area contributed by atoms with Gasteiger partial charge in [-0.1, -0.05) is 19.9 Å². The van der Waals surface area contributed by atoms with E-state index < -0.39 is 4.92 Å². The number of nitrogens with one attached hydrogen (secondary N) is 1. The van der Waals surface area contributed by atoms with Crippen LogP contribution in [0, 0.1) is 16.0 Å². The molecule has 0 saturated carbocycles. The molecule has 6 nitrogen and oxygen atoms in total. The summed E-state index contributed by atoms with van der Waals surface area (Å²) in [6.07, 6.45) is 1.87. The van der Waals surface area contributed by atoms with Crippen molar-refractivity contribution in [2.75, 3.05) is 5.73 Å². The fourth-order valence-electron chi connectivity index (χ4n) is 1.87. The Morgan fingerprint density at radius 2 is 2.00 bits per heavy atom. The van der Waals surface area contributed by atoms with Gasteiger partial charge in [-0.2, -0.15) is 0 Å². The van der Waals surface area contributed by atoms with Crippen LogP contribution < -0.4 is 11.1 Å². The van der Waals surface area contributed by atoms with Gasteiger partial charge in [0.15, 0.2) is 0 Å². The number of nitrogens with two attached hydrogens (primary N) is 1. The van der Waals surface area contributed by atoms with E-state index in [-0.39, 0.29) is 28.9 Å². The number of amides is 1. The van der Waals surface area contributed by atoms with Crippen molar-refractivity contribution in [3.05, 3.63) is 33.9 Å². The average molecular weight is 279 g/mol. The summed E-state index contributed by atoms with van der Waals surface area (Å²) >= 11 is 0. The number of carbonyl (C=O) groups excluding carboxylic acids is 1. The molecule has 110 valence electrons. The van der Waals surface area contributed by atoms with Crippen molar-refractivity contribution in [2.45, 2.75) is 39.7 Å². The fraction of sp³-hybridized carbons (Fsp3) is 0.500. The summed E-state index contributed by atoms with van der Waals surface area (Å²) in [5.41, 5.74) is 5.49. The molecule has 1 aromatic carbocycles. The summed E-state index contributed by atoms with van der Waals surface area (Å²) < 4.78 is 0. The molecule has 0 spiro atoms. The highest BCUT2D eigenvalue weighted by atomic mass is 16.6. The first kappa shape index (κ1) is 15.9. The van der Waals surface area contributed by atoms with Gasteiger partial charge in [0.1, 0.15) is 5.69 Å². The lowest BCUT2D eigenvalue weighted by Gasteiger charge is -2.15. The van der Waals surface area contributed by atoms with Gasteiger partial charge in [0.2, 0.25) is 0 Å². The topological polar surface area (TPSA) is 98.3 Å². The van der Waals surface area contributed by atoms with Gasteiger partial charge in [-0.3, -0.25) is 14.9 Å². The number of nitro benzene ring substituents is 1. The van der Waals surface area contributed by atoms with Crippen molar-refractivity contribution in [1.29, 1.82) is 0 Å². The molecule has 1 aromatic rings. The van der Waals surface area contributed by atoms with Crippen LogP contribution in [0.4, 0.5) is 11.4 Å². The smallest absolute Gasteiger partial charge is 0.292 e. The van der Waals surface area contributed by atoms with Crippen LogP contribution in [-0.2, 0) is 0 Å². The summed E-state index contributed by atoms with van der Waals surface area (Å²) in [5.74, 6) is 0.194. The molecule has 0 aliphatic carbocycles. The first-order chi connectivity index (χ1) is 9.32. The van der Waals surface area contributed by atoms with Crippen molar-refractivity contribution in [3.8, 4) is 0 Å². The SMILES string of the molecule is CC(C)CCC(C)NC(=O)c1cccc([N+](=O)[O-])c1N. The second-order valence-corrected chi connectivity index (χ2v) is 5.34. The van der Waals surface area contributed by atoms with E-state index in [0.29, 0.717) is 5.92 Å². The van der Waals surface area contributed by atoms with E-state index in [4.69, 9.17) is 5.73 Å². The third kappa shape index (κ3) is 4.22. The summed E-state index contributed by atoms with van der Waals surface area (Å²) in [5, 5.41) is 13.6. The molecule has 1 amide bonds. The molecule has 6 heteroatoms. The third-order valence-corrected chi connectivity index (χ3v) is 3.08. The highest BCUT2D eigenvalue weighted by molar-refractivity contribution is 6.01. The number of rotatable bonds is 6. The predicted molar refractivity (Wildman–Crippen MR) is 78.5 cm³/mol. The van der Waals surface area contributed by atoms with Gasteiger partial charge >= 0.3 is 0 Å². The minimum absolute atomic E-state index is 0.00330. The van der Waals surface area contributed by atoms with Gasteiger partial charge < -0.3 is 11.1 Å². The van der Waals surface area contributed by atoms with Crippen LogP contribution in [-0.4, -0.2) is 16.9 Å².